The zero-order valence-electron chi connectivity index (χ0n) is 9.07. The highest BCUT2D eigenvalue weighted by molar-refractivity contribution is 7.10. The van der Waals surface area contributed by atoms with Crippen LogP contribution in [0.3, 0.4) is 0 Å². The number of benzene rings is 1. The first kappa shape index (κ1) is 10.4. The van der Waals surface area contributed by atoms with Crippen LogP contribution in [0.1, 0.15) is 24.6 Å². The van der Waals surface area contributed by atoms with Crippen LogP contribution in [0.25, 0.3) is 11.1 Å². The van der Waals surface area contributed by atoms with Crippen molar-refractivity contribution in [2.75, 3.05) is 0 Å². The van der Waals surface area contributed by atoms with Crippen molar-refractivity contribution in [2.24, 2.45) is 0 Å². The summed E-state index contributed by atoms with van der Waals surface area (Å²) in [5, 5.41) is 2.26. The molecule has 0 saturated heterocycles. The van der Waals surface area contributed by atoms with Crippen LogP contribution >= 0.6 is 11.3 Å². The van der Waals surface area contributed by atoms with Gasteiger partial charge in [-0.25, -0.2) is 0 Å². The van der Waals surface area contributed by atoms with Gasteiger partial charge in [0.1, 0.15) is 0 Å². The Bertz CT molecular complexity index is 400. The zero-order chi connectivity index (χ0) is 10.5. The van der Waals surface area contributed by atoms with E-state index in [1.165, 1.54) is 35.3 Å². The lowest BCUT2D eigenvalue weighted by Crippen LogP contribution is -1.77. The third-order valence-corrected chi connectivity index (χ3v) is 3.53. The topological polar surface area (TPSA) is 0 Å². The predicted molar refractivity (Wildman–Crippen MR) is 68.4 cm³/mol. The van der Waals surface area contributed by atoms with E-state index in [0.29, 0.717) is 0 Å². The van der Waals surface area contributed by atoms with E-state index in [1.807, 2.05) is 11.3 Å². The molecule has 0 spiro atoms. The third kappa shape index (κ3) is 2.69. The van der Waals surface area contributed by atoms with Crippen LogP contribution in [0.5, 0.6) is 0 Å². The molecule has 1 heterocycles. The van der Waals surface area contributed by atoms with E-state index < -0.39 is 0 Å². The number of unbranched alkanes of at least 4 members (excludes halogenated alkanes) is 1. The van der Waals surface area contributed by atoms with Crippen molar-refractivity contribution in [3.05, 3.63) is 46.7 Å². The van der Waals surface area contributed by atoms with Crippen molar-refractivity contribution in [2.45, 2.75) is 26.2 Å². The first-order chi connectivity index (χ1) is 7.40. The minimum Gasteiger partial charge on any atom is -0.148 e. The Morgan fingerprint density at radius 1 is 1.07 bits per heavy atom. The molecule has 0 aliphatic heterocycles. The van der Waals surface area contributed by atoms with Gasteiger partial charge >= 0.3 is 0 Å². The van der Waals surface area contributed by atoms with Crippen LogP contribution in [0.15, 0.2) is 41.8 Å². The van der Waals surface area contributed by atoms with E-state index in [4.69, 9.17) is 0 Å². The van der Waals surface area contributed by atoms with Gasteiger partial charge in [0.2, 0.25) is 0 Å². The largest absolute Gasteiger partial charge is 0.148 e. The number of rotatable bonds is 4. The molecule has 0 bridgehead atoms. The summed E-state index contributed by atoms with van der Waals surface area (Å²) in [6, 6.07) is 12.9. The number of aryl methyl sites for hydroxylation is 1. The normalized spacial score (nSPS) is 10.5. The summed E-state index contributed by atoms with van der Waals surface area (Å²) in [4.78, 5) is 1.51. The molecule has 0 amide bonds. The molecule has 1 aromatic carbocycles. The molecule has 0 aliphatic carbocycles. The van der Waals surface area contributed by atoms with E-state index in [-0.39, 0.29) is 0 Å². The second kappa shape index (κ2) is 5.13. The van der Waals surface area contributed by atoms with Crippen LogP contribution in [-0.4, -0.2) is 0 Å². The third-order valence-electron chi connectivity index (χ3n) is 2.54. The number of thiophene rings is 1. The van der Waals surface area contributed by atoms with Crippen molar-refractivity contribution in [3.63, 3.8) is 0 Å². The Kier molecular flexibility index (Phi) is 3.57. The summed E-state index contributed by atoms with van der Waals surface area (Å²) in [5.74, 6) is 0. The maximum Gasteiger partial charge on any atom is 0.00516 e. The van der Waals surface area contributed by atoms with Gasteiger partial charge in [0.15, 0.2) is 0 Å². The molecule has 15 heavy (non-hydrogen) atoms. The van der Waals surface area contributed by atoms with Gasteiger partial charge in [-0.3, -0.25) is 0 Å². The molecule has 2 rings (SSSR count). The van der Waals surface area contributed by atoms with Crippen molar-refractivity contribution in [1.29, 1.82) is 0 Å². The van der Waals surface area contributed by atoms with Crippen LogP contribution < -0.4 is 0 Å². The number of hydrogen-bond donors (Lipinski definition) is 0. The Labute approximate surface area is 95.6 Å². The summed E-state index contributed by atoms with van der Waals surface area (Å²) in [7, 11) is 0. The van der Waals surface area contributed by atoms with E-state index in [0.717, 1.165) is 0 Å². The van der Waals surface area contributed by atoms with E-state index in [2.05, 4.69) is 48.7 Å². The minimum atomic E-state index is 1.23. The highest BCUT2D eigenvalue weighted by Gasteiger charge is 2.01. The lowest BCUT2D eigenvalue weighted by Gasteiger charge is -1.95. The molecular weight excluding hydrogens is 200 g/mol. The van der Waals surface area contributed by atoms with Crippen LogP contribution in [0.2, 0.25) is 0 Å². The fourth-order valence-corrected chi connectivity index (χ4v) is 2.58. The quantitative estimate of drug-likeness (QED) is 0.691. The summed E-state index contributed by atoms with van der Waals surface area (Å²) in [6.45, 7) is 2.24. The van der Waals surface area contributed by atoms with Gasteiger partial charge < -0.3 is 0 Å². The number of hydrogen-bond acceptors (Lipinski definition) is 1. The minimum absolute atomic E-state index is 1.23. The predicted octanol–water partition coefficient (Wildman–Crippen LogP) is 4.76. The van der Waals surface area contributed by atoms with Crippen molar-refractivity contribution >= 4 is 11.3 Å². The first-order valence-electron chi connectivity index (χ1n) is 5.53. The van der Waals surface area contributed by atoms with Gasteiger partial charge in [0, 0.05) is 4.88 Å². The fraction of sp³-hybridized carbons (Fsp3) is 0.286. The van der Waals surface area contributed by atoms with Crippen molar-refractivity contribution in [3.8, 4) is 11.1 Å². The molecule has 0 nitrogen and oxygen atoms in total. The Balaban J connectivity index is 2.14. The van der Waals surface area contributed by atoms with Crippen LogP contribution in [-0.2, 0) is 6.42 Å². The smallest absolute Gasteiger partial charge is 0.00516 e. The van der Waals surface area contributed by atoms with E-state index >= 15 is 0 Å². The van der Waals surface area contributed by atoms with Gasteiger partial charge in [0.05, 0.1) is 0 Å². The molecule has 0 atom stereocenters. The second-order valence-corrected chi connectivity index (χ2v) is 4.77. The standard InChI is InChI=1S/C14H16S/c1-2-3-9-14-10-13(11-15-14)12-7-5-4-6-8-12/h4-8,10-11H,2-3,9H2,1H3. The maximum absolute atomic E-state index is 2.33. The zero-order valence-corrected chi connectivity index (χ0v) is 9.89. The van der Waals surface area contributed by atoms with Crippen LogP contribution in [0, 0.1) is 0 Å². The average molecular weight is 216 g/mol. The molecule has 0 saturated carbocycles. The molecule has 0 unspecified atom stereocenters. The average Bonchev–Trinajstić information content (AvgIpc) is 2.76. The second-order valence-electron chi connectivity index (χ2n) is 3.77. The SMILES string of the molecule is CCCCc1cc(-c2ccccc2)cs1. The summed E-state index contributed by atoms with van der Waals surface area (Å²) >= 11 is 1.88. The Morgan fingerprint density at radius 3 is 2.60 bits per heavy atom. The summed E-state index contributed by atoms with van der Waals surface area (Å²) < 4.78 is 0. The molecule has 0 aliphatic rings. The Hall–Kier alpha value is -1.08. The maximum atomic E-state index is 2.33. The van der Waals surface area contributed by atoms with Crippen molar-refractivity contribution in [1.82, 2.24) is 0 Å². The highest BCUT2D eigenvalue weighted by atomic mass is 32.1. The molecule has 0 radical (unpaired) electrons. The molecule has 0 fully saturated rings. The highest BCUT2D eigenvalue weighted by Crippen LogP contribution is 2.26. The van der Waals surface area contributed by atoms with Gasteiger partial charge in [-0.05, 0) is 35.4 Å². The van der Waals surface area contributed by atoms with E-state index in [9.17, 15) is 0 Å². The Morgan fingerprint density at radius 2 is 1.87 bits per heavy atom. The molecule has 0 N–H and O–H groups in total. The summed E-state index contributed by atoms with van der Waals surface area (Å²) in [5.41, 5.74) is 2.70. The molecular formula is C14H16S. The lowest BCUT2D eigenvalue weighted by atomic mass is 10.1. The monoisotopic (exact) mass is 216 g/mol. The van der Waals surface area contributed by atoms with Crippen LogP contribution in [0.4, 0.5) is 0 Å². The molecule has 1 heteroatoms. The van der Waals surface area contributed by atoms with Gasteiger partial charge in [-0.15, -0.1) is 11.3 Å². The van der Waals surface area contributed by atoms with E-state index in [1.54, 1.807) is 0 Å². The van der Waals surface area contributed by atoms with Crippen molar-refractivity contribution < 1.29 is 0 Å². The molecule has 2 aromatic rings. The fourth-order valence-electron chi connectivity index (χ4n) is 1.64. The first-order valence-corrected chi connectivity index (χ1v) is 6.41. The van der Waals surface area contributed by atoms with Gasteiger partial charge in [0.25, 0.3) is 0 Å². The van der Waals surface area contributed by atoms with Gasteiger partial charge in [-0.1, -0.05) is 43.7 Å². The summed E-state index contributed by atoms with van der Waals surface area (Å²) in [6.07, 6.45) is 3.81. The lowest BCUT2D eigenvalue weighted by molar-refractivity contribution is 0.804. The molecule has 1 aromatic heterocycles. The van der Waals surface area contributed by atoms with Gasteiger partial charge in [-0.2, -0.15) is 0 Å². The molecule has 78 valence electrons.